The number of carbonyl (C=O) groups is 1. The first-order valence-corrected chi connectivity index (χ1v) is 7.84. The van der Waals surface area contributed by atoms with Crippen molar-refractivity contribution in [3.05, 3.63) is 59.7 Å². The van der Waals surface area contributed by atoms with Crippen molar-refractivity contribution in [1.29, 1.82) is 0 Å². The lowest BCUT2D eigenvalue weighted by atomic mass is 10.2. The molecule has 1 aromatic carbocycles. The highest BCUT2D eigenvalue weighted by Gasteiger charge is 2.14. The van der Waals surface area contributed by atoms with Gasteiger partial charge in [-0.25, -0.2) is 4.68 Å². The first kappa shape index (κ1) is 15.9. The van der Waals surface area contributed by atoms with Crippen LogP contribution in [0, 0.1) is 6.92 Å². The molecule has 1 N–H and O–H groups in total. The molecule has 0 spiro atoms. The summed E-state index contributed by atoms with van der Waals surface area (Å²) in [4.78, 5) is 16.6. The Balaban J connectivity index is 1.69. The van der Waals surface area contributed by atoms with Gasteiger partial charge < -0.3 is 0 Å². The molecule has 2 aromatic heterocycles. The number of hydrogen-bond acceptors (Lipinski definition) is 4. The van der Waals surface area contributed by atoms with Gasteiger partial charge in [0.25, 0.3) is 5.91 Å². The molecule has 0 saturated heterocycles. The Morgan fingerprint density at radius 2 is 2.00 bits per heavy atom. The number of anilines is 1. The number of benzene rings is 1. The molecule has 124 valence electrons. The zero-order chi connectivity index (χ0) is 17.1. The monoisotopic (exact) mass is 324 g/mol. The van der Waals surface area contributed by atoms with Gasteiger partial charge in [0.1, 0.15) is 5.82 Å². The summed E-state index contributed by atoms with van der Waals surface area (Å²) in [5, 5.41) is 11.2. The van der Waals surface area contributed by atoms with Crippen LogP contribution in [0.4, 0.5) is 5.95 Å². The highest BCUT2D eigenvalue weighted by atomic mass is 16.1. The van der Waals surface area contributed by atoms with Crippen LogP contribution in [0.3, 0.4) is 0 Å². The number of aromatic nitrogens is 5. The molecule has 1 amide bonds. The van der Waals surface area contributed by atoms with E-state index in [1.165, 1.54) is 0 Å². The molecule has 0 fully saturated rings. The molecule has 0 radical (unpaired) electrons. The van der Waals surface area contributed by atoms with Crippen LogP contribution in [-0.2, 0) is 6.54 Å². The van der Waals surface area contributed by atoms with Crippen LogP contribution in [0.2, 0.25) is 0 Å². The third-order valence-corrected chi connectivity index (χ3v) is 3.60. The van der Waals surface area contributed by atoms with Gasteiger partial charge in [0, 0.05) is 12.2 Å². The fraction of sp³-hybridized carbons (Fsp3) is 0.294. The molecule has 0 aliphatic carbocycles. The molecule has 0 saturated carbocycles. The Morgan fingerprint density at radius 3 is 2.67 bits per heavy atom. The number of aryl methyl sites for hydroxylation is 1. The summed E-state index contributed by atoms with van der Waals surface area (Å²) < 4.78 is 3.50. The summed E-state index contributed by atoms with van der Waals surface area (Å²) in [5.74, 6) is 0.803. The van der Waals surface area contributed by atoms with Gasteiger partial charge in [0.2, 0.25) is 5.95 Å². The van der Waals surface area contributed by atoms with E-state index >= 15 is 0 Å². The number of hydrogen-bond donors (Lipinski definition) is 1. The van der Waals surface area contributed by atoms with Crippen LogP contribution in [0.1, 0.15) is 41.6 Å². The van der Waals surface area contributed by atoms with Crippen LogP contribution >= 0.6 is 0 Å². The van der Waals surface area contributed by atoms with Gasteiger partial charge in [-0.2, -0.15) is 10.1 Å². The normalized spacial score (nSPS) is 11.0. The van der Waals surface area contributed by atoms with Crippen molar-refractivity contribution >= 4 is 11.9 Å². The summed E-state index contributed by atoms with van der Waals surface area (Å²) in [5.41, 5.74) is 1.60. The van der Waals surface area contributed by atoms with E-state index in [0.717, 1.165) is 11.4 Å². The molecule has 0 bridgehead atoms. The zero-order valence-electron chi connectivity index (χ0n) is 14.0. The predicted octanol–water partition coefficient (Wildman–Crippen LogP) is 2.66. The Bertz CT molecular complexity index is 834. The van der Waals surface area contributed by atoms with Crippen molar-refractivity contribution in [1.82, 2.24) is 24.5 Å². The van der Waals surface area contributed by atoms with Crippen molar-refractivity contribution < 1.29 is 4.79 Å². The van der Waals surface area contributed by atoms with E-state index in [1.807, 2.05) is 51.1 Å². The standard InChI is InChI=1S/C17H20N6O/c1-12(2)23-13(3)19-17(21-23)20-16(24)15-9-18-22(11-15)10-14-7-5-4-6-8-14/h4-9,11-12H,10H2,1-3H3,(H,20,21,24). The second kappa shape index (κ2) is 6.66. The van der Waals surface area contributed by atoms with Gasteiger partial charge in [-0.1, -0.05) is 30.3 Å². The molecule has 7 heteroatoms. The maximum Gasteiger partial charge on any atom is 0.261 e. The number of rotatable bonds is 5. The number of amides is 1. The zero-order valence-corrected chi connectivity index (χ0v) is 14.0. The molecular weight excluding hydrogens is 304 g/mol. The van der Waals surface area contributed by atoms with Crippen LogP contribution < -0.4 is 5.32 Å². The van der Waals surface area contributed by atoms with E-state index in [-0.39, 0.29) is 11.9 Å². The fourth-order valence-electron chi connectivity index (χ4n) is 2.45. The quantitative estimate of drug-likeness (QED) is 0.782. The van der Waals surface area contributed by atoms with Crippen molar-refractivity contribution in [2.45, 2.75) is 33.4 Å². The van der Waals surface area contributed by atoms with E-state index in [0.29, 0.717) is 18.1 Å². The average molecular weight is 324 g/mol. The highest BCUT2D eigenvalue weighted by molar-refractivity contribution is 6.02. The Morgan fingerprint density at radius 1 is 1.25 bits per heavy atom. The summed E-state index contributed by atoms with van der Waals surface area (Å²) >= 11 is 0. The minimum absolute atomic E-state index is 0.191. The minimum Gasteiger partial charge on any atom is -0.289 e. The number of nitrogens with zero attached hydrogens (tertiary/aromatic N) is 5. The van der Waals surface area contributed by atoms with Crippen LogP contribution in [-0.4, -0.2) is 30.5 Å². The second-order valence-corrected chi connectivity index (χ2v) is 5.89. The second-order valence-electron chi connectivity index (χ2n) is 5.89. The van der Waals surface area contributed by atoms with Gasteiger partial charge >= 0.3 is 0 Å². The van der Waals surface area contributed by atoms with E-state index in [2.05, 4.69) is 20.5 Å². The first-order valence-electron chi connectivity index (χ1n) is 7.84. The van der Waals surface area contributed by atoms with Gasteiger partial charge in [0.05, 0.1) is 18.3 Å². The molecule has 2 heterocycles. The van der Waals surface area contributed by atoms with Crippen molar-refractivity contribution in [2.24, 2.45) is 0 Å². The van der Waals surface area contributed by atoms with Crippen LogP contribution in [0.5, 0.6) is 0 Å². The SMILES string of the molecule is Cc1nc(NC(=O)c2cnn(Cc3ccccc3)c2)nn1C(C)C. The highest BCUT2D eigenvalue weighted by Crippen LogP contribution is 2.11. The van der Waals surface area contributed by atoms with Gasteiger partial charge in [-0.15, -0.1) is 5.10 Å². The summed E-state index contributed by atoms with van der Waals surface area (Å²) in [7, 11) is 0. The minimum atomic E-state index is -0.268. The van der Waals surface area contributed by atoms with E-state index < -0.39 is 0 Å². The van der Waals surface area contributed by atoms with Crippen LogP contribution in [0.25, 0.3) is 0 Å². The largest absolute Gasteiger partial charge is 0.289 e. The van der Waals surface area contributed by atoms with Gasteiger partial charge in [-0.3, -0.25) is 14.8 Å². The Kier molecular flexibility index (Phi) is 4.41. The van der Waals surface area contributed by atoms with Crippen molar-refractivity contribution in [2.75, 3.05) is 5.32 Å². The predicted molar refractivity (Wildman–Crippen MR) is 90.9 cm³/mol. The third kappa shape index (κ3) is 3.51. The molecule has 7 nitrogen and oxygen atoms in total. The lowest BCUT2D eigenvalue weighted by Gasteiger charge is -2.04. The third-order valence-electron chi connectivity index (χ3n) is 3.60. The summed E-state index contributed by atoms with van der Waals surface area (Å²) in [6, 6.07) is 10.2. The topological polar surface area (TPSA) is 77.6 Å². The fourth-order valence-corrected chi connectivity index (χ4v) is 2.45. The molecule has 0 aliphatic rings. The van der Waals surface area contributed by atoms with Gasteiger partial charge in [-0.05, 0) is 26.3 Å². The average Bonchev–Trinajstić information content (AvgIpc) is 3.15. The molecule has 0 aliphatic heterocycles. The molecular formula is C17H20N6O. The molecule has 3 rings (SSSR count). The summed E-state index contributed by atoms with van der Waals surface area (Å²) in [6.07, 6.45) is 3.26. The first-order chi connectivity index (χ1) is 11.5. The summed E-state index contributed by atoms with van der Waals surface area (Å²) in [6.45, 7) is 6.51. The van der Waals surface area contributed by atoms with E-state index in [9.17, 15) is 4.79 Å². The molecule has 24 heavy (non-hydrogen) atoms. The van der Waals surface area contributed by atoms with Crippen molar-refractivity contribution in [3.8, 4) is 0 Å². The molecule has 3 aromatic rings. The number of carbonyl (C=O) groups excluding carboxylic acids is 1. The molecule has 0 unspecified atom stereocenters. The van der Waals surface area contributed by atoms with Crippen molar-refractivity contribution in [3.63, 3.8) is 0 Å². The molecule has 0 atom stereocenters. The smallest absolute Gasteiger partial charge is 0.261 e. The Labute approximate surface area is 140 Å². The van der Waals surface area contributed by atoms with Gasteiger partial charge in [0.15, 0.2) is 0 Å². The maximum atomic E-state index is 12.3. The maximum absolute atomic E-state index is 12.3. The lowest BCUT2D eigenvalue weighted by molar-refractivity contribution is 0.102. The lowest BCUT2D eigenvalue weighted by Crippen LogP contribution is -2.13. The Hall–Kier alpha value is -2.96. The number of nitrogens with one attached hydrogen (secondary N) is 1. The van der Waals surface area contributed by atoms with Crippen LogP contribution in [0.15, 0.2) is 42.7 Å². The van der Waals surface area contributed by atoms with E-state index in [1.54, 1.807) is 21.8 Å². The van der Waals surface area contributed by atoms with E-state index in [4.69, 9.17) is 0 Å².